The second-order valence-electron chi connectivity index (χ2n) is 5.37. The molecule has 0 aromatic rings. The summed E-state index contributed by atoms with van der Waals surface area (Å²) in [6.45, 7) is 8.43. The molecule has 0 aromatic heterocycles. The van der Waals surface area contributed by atoms with Crippen LogP contribution in [0, 0.1) is 11.3 Å². The molecule has 0 radical (unpaired) electrons. The lowest BCUT2D eigenvalue weighted by atomic mass is 9.93. The minimum absolute atomic E-state index is 0.0584. The Morgan fingerprint density at radius 3 is 2.18 bits per heavy atom. The van der Waals surface area contributed by atoms with E-state index in [1.54, 1.807) is 13.8 Å². The molecule has 0 aliphatic carbocycles. The van der Waals surface area contributed by atoms with Gasteiger partial charge in [-0.15, -0.1) is 0 Å². The molecule has 1 unspecified atom stereocenters. The Kier molecular flexibility index (Phi) is 7.34. The highest BCUT2D eigenvalue weighted by Gasteiger charge is 2.24. The summed E-state index contributed by atoms with van der Waals surface area (Å²) in [6.07, 6.45) is 0. The summed E-state index contributed by atoms with van der Waals surface area (Å²) >= 11 is 0. The molecule has 5 nitrogen and oxygen atoms in total. The van der Waals surface area contributed by atoms with Crippen molar-refractivity contribution in [3.05, 3.63) is 0 Å². The Morgan fingerprint density at radius 2 is 1.76 bits per heavy atom. The van der Waals surface area contributed by atoms with Gasteiger partial charge in [-0.05, 0) is 12.8 Å². The molecule has 0 fully saturated rings. The number of nitrogens with one attached hydrogen (secondary N) is 2. The monoisotopic (exact) mass is 246 g/mol. The van der Waals surface area contributed by atoms with Gasteiger partial charge in [0.05, 0.1) is 19.3 Å². The van der Waals surface area contributed by atoms with Crippen molar-refractivity contribution >= 4 is 5.91 Å². The van der Waals surface area contributed by atoms with E-state index in [0.717, 1.165) is 0 Å². The molecule has 17 heavy (non-hydrogen) atoms. The van der Waals surface area contributed by atoms with E-state index < -0.39 is 5.41 Å². The van der Waals surface area contributed by atoms with Crippen molar-refractivity contribution in [3.63, 3.8) is 0 Å². The SMILES string of the molecule is CC(C)CNC(=O)C(C)NCC(C)(CO)CO. The number of rotatable bonds is 8. The molecule has 1 atom stereocenters. The van der Waals surface area contributed by atoms with Gasteiger partial charge in [-0.1, -0.05) is 20.8 Å². The lowest BCUT2D eigenvalue weighted by Crippen LogP contribution is -2.48. The maximum atomic E-state index is 11.6. The molecular weight excluding hydrogens is 220 g/mol. The number of hydrogen-bond donors (Lipinski definition) is 4. The maximum Gasteiger partial charge on any atom is 0.236 e. The highest BCUT2D eigenvalue weighted by atomic mass is 16.3. The van der Waals surface area contributed by atoms with Crippen LogP contribution in [0.15, 0.2) is 0 Å². The van der Waals surface area contributed by atoms with Gasteiger partial charge in [0.1, 0.15) is 0 Å². The van der Waals surface area contributed by atoms with Crippen molar-refractivity contribution in [1.82, 2.24) is 10.6 Å². The lowest BCUT2D eigenvalue weighted by Gasteiger charge is -2.26. The van der Waals surface area contributed by atoms with Crippen LogP contribution in [-0.4, -0.2) is 48.5 Å². The first-order valence-electron chi connectivity index (χ1n) is 6.07. The third-order valence-electron chi connectivity index (χ3n) is 2.68. The van der Waals surface area contributed by atoms with E-state index in [9.17, 15) is 4.79 Å². The molecule has 1 amide bonds. The van der Waals surface area contributed by atoms with Crippen molar-refractivity contribution in [2.24, 2.45) is 11.3 Å². The van der Waals surface area contributed by atoms with E-state index >= 15 is 0 Å². The quantitative estimate of drug-likeness (QED) is 0.475. The molecule has 0 heterocycles. The smallest absolute Gasteiger partial charge is 0.236 e. The van der Waals surface area contributed by atoms with Crippen molar-refractivity contribution in [1.29, 1.82) is 0 Å². The standard InChI is InChI=1S/C12H26N2O3/c1-9(2)5-13-11(17)10(3)14-6-12(4,7-15)8-16/h9-10,14-16H,5-8H2,1-4H3,(H,13,17). The molecule has 0 saturated carbocycles. The molecule has 4 N–H and O–H groups in total. The molecule has 0 aromatic carbocycles. The van der Waals surface area contributed by atoms with Crippen LogP contribution in [0.5, 0.6) is 0 Å². The van der Waals surface area contributed by atoms with Gasteiger partial charge in [-0.3, -0.25) is 4.79 Å². The Morgan fingerprint density at radius 1 is 1.24 bits per heavy atom. The molecule has 0 rings (SSSR count). The Bertz CT molecular complexity index is 228. The van der Waals surface area contributed by atoms with Crippen molar-refractivity contribution < 1.29 is 15.0 Å². The van der Waals surface area contributed by atoms with Gasteiger partial charge in [-0.25, -0.2) is 0 Å². The Labute approximate surface area is 104 Å². The summed E-state index contributed by atoms with van der Waals surface area (Å²) in [4.78, 5) is 11.6. The topological polar surface area (TPSA) is 81.6 Å². The maximum absolute atomic E-state index is 11.6. The van der Waals surface area contributed by atoms with Crippen LogP contribution >= 0.6 is 0 Å². The molecule has 0 saturated heterocycles. The van der Waals surface area contributed by atoms with E-state index in [-0.39, 0.29) is 25.2 Å². The van der Waals surface area contributed by atoms with E-state index in [0.29, 0.717) is 19.0 Å². The highest BCUT2D eigenvalue weighted by molar-refractivity contribution is 5.81. The van der Waals surface area contributed by atoms with Gasteiger partial charge in [0.2, 0.25) is 5.91 Å². The van der Waals surface area contributed by atoms with Crippen molar-refractivity contribution in [2.75, 3.05) is 26.3 Å². The van der Waals surface area contributed by atoms with E-state index in [1.807, 2.05) is 13.8 Å². The number of amides is 1. The number of aliphatic hydroxyl groups is 2. The third kappa shape index (κ3) is 6.61. The summed E-state index contributed by atoms with van der Waals surface area (Å²) < 4.78 is 0. The van der Waals surface area contributed by atoms with Crippen molar-refractivity contribution in [3.8, 4) is 0 Å². The predicted octanol–water partition coefficient (Wildman–Crippen LogP) is -0.272. The van der Waals surface area contributed by atoms with Gasteiger partial charge in [0.15, 0.2) is 0 Å². The van der Waals surface area contributed by atoms with Gasteiger partial charge in [-0.2, -0.15) is 0 Å². The molecule has 5 heteroatoms. The first kappa shape index (κ1) is 16.4. The molecule has 0 spiro atoms. The first-order chi connectivity index (χ1) is 7.84. The first-order valence-corrected chi connectivity index (χ1v) is 6.07. The molecular formula is C12H26N2O3. The van der Waals surface area contributed by atoms with Crippen LogP contribution < -0.4 is 10.6 Å². The van der Waals surface area contributed by atoms with E-state index in [2.05, 4.69) is 10.6 Å². The Hall–Kier alpha value is -0.650. The minimum atomic E-state index is -0.591. The second-order valence-corrected chi connectivity index (χ2v) is 5.37. The summed E-state index contributed by atoms with van der Waals surface area (Å²) in [5.74, 6) is 0.364. The summed E-state index contributed by atoms with van der Waals surface area (Å²) in [6, 6.07) is -0.328. The fourth-order valence-corrected chi connectivity index (χ4v) is 1.11. The average Bonchev–Trinajstić information content (AvgIpc) is 2.32. The summed E-state index contributed by atoms with van der Waals surface area (Å²) in [5.41, 5.74) is -0.591. The van der Waals surface area contributed by atoms with Gasteiger partial charge >= 0.3 is 0 Å². The number of aliphatic hydroxyl groups excluding tert-OH is 2. The zero-order valence-electron chi connectivity index (χ0n) is 11.3. The van der Waals surface area contributed by atoms with Gasteiger partial charge in [0, 0.05) is 18.5 Å². The third-order valence-corrected chi connectivity index (χ3v) is 2.68. The van der Waals surface area contributed by atoms with Gasteiger partial charge < -0.3 is 20.8 Å². The predicted molar refractivity (Wildman–Crippen MR) is 67.6 cm³/mol. The number of carbonyl (C=O) groups excluding carboxylic acids is 1. The van der Waals surface area contributed by atoms with E-state index in [4.69, 9.17) is 10.2 Å². The van der Waals surface area contributed by atoms with E-state index in [1.165, 1.54) is 0 Å². The fourth-order valence-electron chi connectivity index (χ4n) is 1.11. The Balaban J connectivity index is 4.00. The lowest BCUT2D eigenvalue weighted by molar-refractivity contribution is -0.123. The zero-order valence-corrected chi connectivity index (χ0v) is 11.3. The molecule has 0 aliphatic heterocycles. The summed E-state index contributed by atoms with van der Waals surface area (Å²) in [7, 11) is 0. The zero-order chi connectivity index (χ0) is 13.5. The van der Waals surface area contributed by atoms with Crippen LogP contribution in [0.1, 0.15) is 27.7 Å². The van der Waals surface area contributed by atoms with Crippen LogP contribution in [0.2, 0.25) is 0 Å². The normalized spacial score (nSPS) is 13.8. The van der Waals surface area contributed by atoms with Gasteiger partial charge in [0.25, 0.3) is 0 Å². The van der Waals surface area contributed by atoms with Crippen LogP contribution in [0.25, 0.3) is 0 Å². The minimum Gasteiger partial charge on any atom is -0.396 e. The molecule has 102 valence electrons. The largest absolute Gasteiger partial charge is 0.396 e. The van der Waals surface area contributed by atoms with Crippen molar-refractivity contribution in [2.45, 2.75) is 33.7 Å². The average molecular weight is 246 g/mol. The van der Waals surface area contributed by atoms with Crippen LogP contribution in [0.4, 0.5) is 0 Å². The fraction of sp³-hybridized carbons (Fsp3) is 0.917. The highest BCUT2D eigenvalue weighted by Crippen LogP contribution is 2.12. The van der Waals surface area contributed by atoms with Crippen LogP contribution in [0.3, 0.4) is 0 Å². The van der Waals surface area contributed by atoms with Crippen LogP contribution in [-0.2, 0) is 4.79 Å². The second kappa shape index (κ2) is 7.63. The molecule has 0 aliphatic rings. The number of carbonyl (C=O) groups is 1. The molecule has 0 bridgehead atoms. The summed E-state index contributed by atoms with van der Waals surface area (Å²) in [5, 5.41) is 24.1. The number of hydrogen-bond acceptors (Lipinski definition) is 4.